The van der Waals surface area contributed by atoms with Gasteiger partial charge in [-0.1, -0.05) is 30.0 Å². The predicted octanol–water partition coefficient (Wildman–Crippen LogP) is 2.74. The van der Waals surface area contributed by atoms with Gasteiger partial charge in [-0.15, -0.1) is 0 Å². The Morgan fingerprint density at radius 1 is 1.57 bits per heavy atom. The number of amides is 1. The number of methoxy groups -OCH3 is 1. The van der Waals surface area contributed by atoms with Gasteiger partial charge in [0.25, 0.3) is 5.91 Å². The highest BCUT2D eigenvalue weighted by Gasteiger charge is 2.33. The number of aliphatic carboxylic acids is 1. The number of ether oxygens (including phenoxy) is 1. The fraction of sp³-hybridized carbons (Fsp3) is 0.154. The Labute approximate surface area is 139 Å². The highest BCUT2D eigenvalue weighted by molar-refractivity contribution is 9.10. The molecule has 1 amide bonds. The maximum absolute atomic E-state index is 12.1. The Kier molecular flexibility index (Phi) is 5.02. The first-order valence-electron chi connectivity index (χ1n) is 5.73. The summed E-state index contributed by atoms with van der Waals surface area (Å²) >= 11 is 9.49. The Hall–Kier alpha value is -1.38. The predicted molar refractivity (Wildman–Crippen MR) is 88.2 cm³/mol. The molecule has 5 nitrogen and oxygen atoms in total. The van der Waals surface area contributed by atoms with Crippen LogP contribution < -0.4 is 4.74 Å². The van der Waals surface area contributed by atoms with Crippen molar-refractivity contribution in [1.29, 1.82) is 0 Å². The molecule has 2 rings (SSSR count). The van der Waals surface area contributed by atoms with Gasteiger partial charge in [0.05, 0.1) is 16.5 Å². The van der Waals surface area contributed by atoms with Crippen molar-refractivity contribution in [3.05, 3.63) is 33.1 Å². The van der Waals surface area contributed by atoms with Crippen molar-refractivity contribution in [2.24, 2.45) is 0 Å². The summed E-state index contributed by atoms with van der Waals surface area (Å²) in [7, 11) is 1.57. The molecular formula is C13H10BrNO4S2. The van der Waals surface area contributed by atoms with Crippen molar-refractivity contribution in [3.63, 3.8) is 0 Å². The summed E-state index contributed by atoms with van der Waals surface area (Å²) in [6.07, 6.45) is 1.67. The molecule has 0 radical (unpaired) electrons. The minimum Gasteiger partial charge on any atom is -0.496 e. The molecule has 1 aliphatic rings. The average molecular weight is 388 g/mol. The van der Waals surface area contributed by atoms with Crippen LogP contribution in [0.4, 0.5) is 0 Å². The lowest BCUT2D eigenvalue weighted by molar-refractivity contribution is -0.140. The van der Waals surface area contributed by atoms with Crippen LogP contribution in [0.5, 0.6) is 5.75 Å². The summed E-state index contributed by atoms with van der Waals surface area (Å²) in [6, 6.07) is 5.38. The van der Waals surface area contributed by atoms with Crippen molar-refractivity contribution in [1.82, 2.24) is 4.90 Å². The molecule has 8 heteroatoms. The van der Waals surface area contributed by atoms with Gasteiger partial charge < -0.3 is 9.84 Å². The van der Waals surface area contributed by atoms with Crippen molar-refractivity contribution < 1.29 is 19.4 Å². The number of thioether (sulfide) groups is 1. The van der Waals surface area contributed by atoms with Crippen LogP contribution in [0.1, 0.15) is 5.56 Å². The van der Waals surface area contributed by atoms with E-state index in [0.29, 0.717) is 10.7 Å². The van der Waals surface area contributed by atoms with Crippen LogP contribution in [-0.4, -0.2) is 39.9 Å². The van der Waals surface area contributed by atoms with E-state index in [-0.39, 0.29) is 10.2 Å². The Morgan fingerprint density at radius 3 is 2.86 bits per heavy atom. The Bertz CT molecular complexity index is 660. The zero-order chi connectivity index (χ0) is 15.6. The first kappa shape index (κ1) is 16.0. The van der Waals surface area contributed by atoms with E-state index in [4.69, 9.17) is 22.1 Å². The second kappa shape index (κ2) is 6.59. The molecule has 1 saturated heterocycles. The molecule has 0 atom stereocenters. The van der Waals surface area contributed by atoms with Crippen LogP contribution in [-0.2, 0) is 9.59 Å². The second-order valence-corrected chi connectivity index (χ2v) is 6.59. The summed E-state index contributed by atoms with van der Waals surface area (Å²) in [4.78, 5) is 24.3. The lowest BCUT2D eigenvalue weighted by Crippen LogP contribution is -2.33. The molecule has 1 aromatic rings. The van der Waals surface area contributed by atoms with E-state index in [1.54, 1.807) is 25.3 Å². The fourth-order valence-corrected chi connectivity index (χ4v) is 3.51. The normalized spacial score (nSPS) is 16.7. The van der Waals surface area contributed by atoms with Crippen LogP contribution >= 0.6 is 39.9 Å². The van der Waals surface area contributed by atoms with Crippen molar-refractivity contribution in [2.75, 3.05) is 13.7 Å². The molecule has 1 fully saturated rings. The molecular weight excluding hydrogens is 378 g/mol. The number of halogens is 1. The molecule has 0 unspecified atom stereocenters. The number of hydrogen-bond acceptors (Lipinski definition) is 5. The van der Waals surface area contributed by atoms with Crippen molar-refractivity contribution >= 4 is 62.2 Å². The number of carboxylic acid groups (broad SMARTS) is 1. The second-order valence-electron chi connectivity index (χ2n) is 4.06. The average Bonchev–Trinajstić information content (AvgIpc) is 2.66. The van der Waals surface area contributed by atoms with Gasteiger partial charge in [-0.3, -0.25) is 14.5 Å². The van der Waals surface area contributed by atoms with Gasteiger partial charge in [0.15, 0.2) is 0 Å². The standard InChI is InChI=1S/C13H10BrNO4S2/c1-19-9-3-2-7(4-8(9)14)5-10-12(18)15(6-11(16)17)13(20)21-10/h2-5H,6H2,1H3,(H,16,17)/b10-5+. The van der Waals surface area contributed by atoms with Gasteiger partial charge in [-0.25, -0.2) is 0 Å². The van der Waals surface area contributed by atoms with Gasteiger partial charge in [0, 0.05) is 0 Å². The van der Waals surface area contributed by atoms with Crippen LogP contribution in [0.15, 0.2) is 27.6 Å². The third-order valence-electron chi connectivity index (χ3n) is 2.64. The van der Waals surface area contributed by atoms with Gasteiger partial charge >= 0.3 is 5.97 Å². The largest absolute Gasteiger partial charge is 0.496 e. The third-order valence-corrected chi connectivity index (χ3v) is 4.64. The molecule has 0 spiro atoms. The number of carboxylic acids is 1. The topological polar surface area (TPSA) is 66.8 Å². The summed E-state index contributed by atoms with van der Waals surface area (Å²) in [5.74, 6) is -0.801. The molecule has 110 valence electrons. The maximum Gasteiger partial charge on any atom is 0.323 e. The quantitative estimate of drug-likeness (QED) is 0.632. The van der Waals surface area contributed by atoms with Crippen LogP contribution in [0, 0.1) is 0 Å². The molecule has 1 heterocycles. The number of thiocarbonyl (C=S) groups is 1. The Balaban J connectivity index is 2.26. The monoisotopic (exact) mass is 387 g/mol. The third kappa shape index (κ3) is 3.63. The zero-order valence-electron chi connectivity index (χ0n) is 10.8. The summed E-state index contributed by atoms with van der Waals surface area (Å²) < 4.78 is 6.15. The van der Waals surface area contributed by atoms with E-state index >= 15 is 0 Å². The molecule has 0 aromatic heterocycles. The van der Waals surface area contributed by atoms with E-state index in [1.807, 2.05) is 6.07 Å². The van der Waals surface area contributed by atoms with Crippen LogP contribution in [0.2, 0.25) is 0 Å². The molecule has 1 aromatic carbocycles. The lowest BCUT2D eigenvalue weighted by Gasteiger charge is -2.10. The maximum atomic E-state index is 12.1. The molecule has 21 heavy (non-hydrogen) atoms. The highest BCUT2D eigenvalue weighted by Crippen LogP contribution is 2.33. The summed E-state index contributed by atoms with van der Waals surface area (Å²) in [5, 5.41) is 8.78. The molecule has 1 aliphatic heterocycles. The Morgan fingerprint density at radius 2 is 2.29 bits per heavy atom. The van der Waals surface area contributed by atoms with E-state index in [1.165, 1.54) is 0 Å². The van der Waals surface area contributed by atoms with Gasteiger partial charge in [0.1, 0.15) is 16.6 Å². The number of rotatable bonds is 4. The summed E-state index contributed by atoms with van der Waals surface area (Å²) in [6.45, 7) is -0.422. The van der Waals surface area contributed by atoms with Crippen molar-refractivity contribution in [3.8, 4) is 5.75 Å². The zero-order valence-corrected chi connectivity index (χ0v) is 14.0. The minimum absolute atomic E-state index is 0.251. The number of nitrogens with zero attached hydrogens (tertiary/aromatic N) is 1. The summed E-state index contributed by atoms with van der Waals surface area (Å²) in [5.41, 5.74) is 0.790. The van der Waals surface area contributed by atoms with Crippen LogP contribution in [0.25, 0.3) is 6.08 Å². The van der Waals surface area contributed by atoms with Crippen molar-refractivity contribution in [2.45, 2.75) is 0 Å². The SMILES string of the molecule is COc1ccc(/C=C2/SC(=S)N(CC(=O)O)C2=O)cc1Br. The highest BCUT2D eigenvalue weighted by atomic mass is 79.9. The van der Waals surface area contributed by atoms with E-state index in [9.17, 15) is 9.59 Å². The lowest BCUT2D eigenvalue weighted by atomic mass is 10.2. The van der Waals surface area contributed by atoms with E-state index < -0.39 is 12.5 Å². The number of benzene rings is 1. The smallest absolute Gasteiger partial charge is 0.323 e. The number of carbonyl (C=O) groups excluding carboxylic acids is 1. The minimum atomic E-state index is -1.10. The molecule has 0 bridgehead atoms. The molecule has 1 N–H and O–H groups in total. The first-order chi connectivity index (χ1) is 9.92. The molecule has 0 aliphatic carbocycles. The van der Waals surface area contributed by atoms with Gasteiger partial charge in [-0.05, 0) is 39.7 Å². The number of hydrogen-bond donors (Lipinski definition) is 1. The van der Waals surface area contributed by atoms with Crippen LogP contribution in [0.3, 0.4) is 0 Å². The van der Waals surface area contributed by atoms with E-state index in [0.717, 1.165) is 26.7 Å². The van der Waals surface area contributed by atoms with Gasteiger partial charge in [0.2, 0.25) is 0 Å². The molecule has 0 saturated carbocycles. The first-order valence-corrected chi connectivity index (χ1v) is 7.75. The van der Waals surface area contributed by atoms with E-state index in [2.05, 4.69) is 15.9 Å². The fourth-order valence-electron chi connectivity index (χ4n) is 1.70. The number of carbonyl (C=O) groups is 2. The van der Waals surface area contributed by atoms with Gasteiger partial charge in [-0.2, -0.15) is 0 Å².